The number of thioether (sulfide) groups is 6. The molecule has 13 atom stereocenters. The maximum Gasteiger partial charge on any atom is 0.416 e. The van der Waals surface area contributed by atoms with E-state index >= 15 is 0 Å². The van der Waals surface area contributed by atoms with Crippen LogP contribution in [0.25, 0.3) is 0 Å². The molecule has 724 valence electrons. The Balaban J connectivity index is 0.000000181. The van der Waals surface area contributed by atoms with Gasteiger partial charge < -0.3 is 46.9 Å². The van der Waals surface area contributed by atoms with Crippen molar-refractivity contribution in [2.45, 2.75) is 259 Å². The Bertz CT molecular complexity index is 5090. The van der Waals surface area contributed by atoms with Crippen LogP contribution >= 0.6 is 125 Å². The number of urea groups is 1. The van der Waals surface area contributed by atoms with Crippen LogP contribution in [0.5, 0.6) is 0 Å². The molecule has 133 heavy (non-hydrogen) atoms. The van der Waals surface area contributed by atoms with Crippen LogP contribution in [0.2, 0.25) is 0 Å². The number of piperidine rings is 1. The van der Waals surface area contributed by atoms with Crippen LogP contribution in [-0.4, -0.2) is 150 Å². The number of carbonyl (C=O) groups is 7. The number of likely N-dealkylation sites (tertiary alicyclic amines) is 1. The van der Waals surface area contributed by atoms with E-state index in [-0.39, 0.29) is 117 Å². The van der Waals surface area contributed by atoms with Gasteiger partial charge in [0.15, 0.2) is 40.5 Å². The predicted octanol–water partition coefficient (Wildman–Crippen LogP) is 22.8. The van der Waals surface area contributed by atoms with Gasteiger partial charge in [0.25, 0.3) is 11.8 Å². The standard InChI is InChI=1S/C21H27F3N4O2S.C17H22N2O2S.2C14H15F3N2OS.2C13H17BrN2OS2/c1-13(15-6-4-5-7-16(15)21(22,23)24)26-18-27-17(29)20(2,31-18)12-14-8-10-28(11-9-14)19(30)25-3;1-12-16(20)19-17(22-12)18-14-9-5-6-10-15(14)21-11-13-7-3-2-4-8-13;2*1-8(9-4-6-10(15)7-5-9)18-12-19-11(20)13(2,21-12)14(3,16)17;2*1-7(2)13(4)11(17)16-12(19-13)15-8(3)9-5-6-10(14)18-9/h4-7,13-14H,8-12H2,1-3H3,(H,25,30)(H,26,27,29);2-4,7-8,12,14-15H,5-6,9-11H2,1H3,(H,18,19,20);2*4-8H,1-3H3,(H,18,19,20);2*5-8H,1-4H3,(H,15,16,17)/t13-,20?;12?,14-,15-;8-,13+;8-,13-;8-,13+;8-,13-/m000000/s1. The number of alkyl halides is 7. The number of aliphatic imine (C=N–C) groups is 6. The molecule has 0 bridgehead atoms. The number of hydrogen-bond donors (Lipinski definition) is 7. The summed E-state index contributed by atoms with van der Waals surface area (Å²) in [6.07, 6.45) is 2.37. The highest BCUT2D eigenvalue weighted by Gasteiger charge is 2.59. The maximum absolute atomic E-state index is 13.6. The largest absolute Gasteiger partial charge is 0.416 e. The summed E-state index contributed by atoms with van der Waals surface area (Å²) < 4.78 is 123. The fourth-order valence-electron chi connectivity index (χ4n) is 14.1. The van der Waals surface area contributed by atoms with E-state index in [4.69, 9.17) is 9.73 Å². The third-order valence-electron chi connectivity index (χ3n) is 23.7. The van der Waals surface area contributed by atoms with Crippen molar-refractivity contribution in [2.75, 3.05) is 20.1 Å². The fourth-order valence-corrected chi connectivity index (χ4v) is 23.4. The van der Waals surface area contributed by atoms with Crippen molar-refractivity contribution in [1.82, 2.24) is 42.1 Å². The molecule has 0 spiro atoms. The molecule has 6 aromatic rings. The third-order valence-corrected chi connectivity index (χ3v) is 35.2. The van der Waals surface area contributed by atoms with Crippen LogP contribution in [-0.2, 0) is 46.3 Å². The van der Waals surface area contributed by atoms with Gasteiger partial charge in [0, 0.05) is 43.7 Å². The molecule has 4 aromatic carbocycles. The van der Waals surface area contributed by atoms with Crippen LogP contribution < -0.4 is 37.2 Å². The number of halogens is 11. The van der Waals surface area contributed by atoms with Crippen LogP contribution in [0, 0.1) is 29.4 Å². The molecule has 1 saturated carbocycles. The molecular formula is C92H113Br2F9N14O8S8. The lowest BCUT2D eigenvalue weighted by Gasteiger charge is -2.34. The van der Waals surface area contributed by atoms with E-state index in [2.05, 4.69) is 146 Å². The Kier molecular flexibility index (Phi) is 38.6. The number of ether oxygens (including phenoxy) is 1. The molecule has 2 aromatic heterocycles. The number of amides is 8. The predicted molar refractivity (Wildman–Crippen MR) is 532 cm³/mol. The van der Waals surface area contributed by atoms with Gasteiger partial charge in [-0.2, -0.15) is 13.2 Å². The summed E-state index contributed by atoms with van der Waals surface area (Å²) in [6.45, 7) is 30.9. The molecule has 2 unspecified atom stereocenters. The Morgan fingerprint density at radius 1 is 0.504 bits per heavy atom. The quantitative estimate of drug-likeness (QED) is 0.0350. The molecule has 22 nitrogen and oxygen atoms in total. The topological polar surface area (TPSA) is 290 Å². The highest BCUT2D eigenvalue weighted by Crippen LogP contribution is 2.49. The first-order valence-corrected chi connectivity index (χ1v) is 51.4. The molecule has 8 aliphatic rings. The van der Waals surface area contributed by atoms with E-state index in [0.717, 1.165) is 89.5 Å². The fraction of sp³-hybridized carbons (Fsp3) is 0.511. The Labute approximate surface area is 821 Å². The minimum Gasteiger partial charge on any atom is -0.371 e. The van der Waals surface area contributed by atoms with E-state index in [1.165, 1.54) is 102 Å². The molecule has 8 amide bonds. The van der Waals surface area contributed by atoms with Crippen molar-refractivity contribution in [1.29, 1.82) is 0 Å². The van der Waals surface area contributed by atoms with Gasteiger partial charge in [-0.3, -0.25) is 58.7 Å². The van der Waals surface area contributed by atoms with Crippen molar-refractivity contribution in [3.63, 3.8) is 0 Å². The van der Waals surface area contributed by atoms with Gasteiger partial charge in [-0.1, -0.05) is 184 Å². The average Bonchev–Trinajstić information content (AvgIpc) is 1.65. The molecule has 41 heteroatoms. The third kappa shape index (κ3) is 29.2. The lowest BCUT2D eigenvalue weighted by atomic mass is 9.87. The average molecular weight is 2130 g/mol. The number of nitrogens with zero attached hydrogens (tertiary/aromatic N) is 7. The highest BCUT2D eigenvalue weighted by atomic mass is 79.9. The number of nitrogens with one attached hydrogen (secondary N) is 7. The first-order chi connectivity index (χ1) is 62.2. The molecule has 7 N–H and O–H groups in total. The van der Waals surface area contributed by atoms with Gasteiger partial charge in [-0.25, -0.2) is 31.1 Å². The van der Waals surface area contributed by atoms with Crippen molar-refractivity contribution < 1.29 is 77.8 Å². The van der Waals surface area contributed by atoms with Gasteiger partial charge in [-0.15, -0.1) is 22.7 Å². The summed E-state index contributed by atoms with van der Waals surface area (Å²) in [4.78, 5) is 115. The van der Waals surface area contributed by atoms with E-state index in [1.807, 2.05) is 71.9 Å². The van der Waals surface area contributed by atoms with Crippen molar-refractivity contribution in [2.24, 2.45) is 47.7 Å². The van der Waals surface area contributed by atoms with Crippen LogP contribution in [0.15, 0.2) is 165 Å². The summed E-state index contributed by atoms with van der Waals surface area (Å²) in [6, 6.07) is 33.9. The number of benzene rings is 4. The molecule has 0 radical (unpaired) electrons. The van der Waals surface area contributed by atoms with Crippen molar-refractivity contribution in [3.05, 3.63) is 184 Å². The molecular weight excluding hydrogens is 2020 g/mol. The summed E-state index contributed by atoms with van der Waals surface area (Å²) in [7, 11) is 1.60. The minimum atomic E-state index is -4.46. The van der Waals surface area contributed by atoms with Crippen molar-refractivity contribution in [3.8, 4) is 0 Å². The van der Waals surface area contributed by atoms with Gasteiger partial charge in [0.2, 0.25) is 35.4 Å². The SMILES string of the molecule is CC(C)[C@@]1(C)SC(=N[C@@H](C)c2ccc(Br)s2)NC1=O.CC(C)[C@]1(C)SC(=N[C@@H](C)c2ccc(Br)s2)NC1=O.CC1SC(=N[C@H]2CCCC[C@@H]2OCc2ccccc2)NC1=O.CNC(=O)N1CCC(CC2(C)SC(=N[C@@H](C)c3ccccc3C(F)(F)F)NC2=O)CC1.C[C@H](N=C1NC(=O)[C@@](C)(C(C)(F)F)S1)c1ccc(F)cc1.C[C@H](N=C1NC(=O)[C@](C)(C(C)(F)F)S1)c1ccc(F)cc1. The number of hydrogen-bond acceptors (Lipinski definition) is 22. The van der Waals surface area contributed by atoms with Crippen LogP contribution in [0.1, 0.15) is 230 Å². The number of rotatable bonds is 20. The second-order valence-electron chi connectivity index (χ2n) is 34.5. The Morgan fingerprint density at radius 2 is 0.917 bits per heavy atom. The first-order valence-electron chi connectivity index (χ1n) is 43.2. The zero-order valence-corrected chi connectivity index (χ0v) is 86.6. The molecule has 8 fully saturated rings. The molecule has 7 aliphatic heterocycles. The molecule has 9 heterocycles. The van der Waals surface area contributed by atoms with E-state index in [0.29, 0.717) is 45.1 Å². The lowest BCUT2D eigenvalue weighted by molar-refractivity contribution is -0.138. The number of amidine groups is 6. The van der Waals surface area contributed by atoms with Gasteiger partial charge in [0.1, 0.15) is 21.1 Å². The second-order valence-corrected chi connectivity index (χ2v) is 48.0. The number of thiophene rings is 2. The van der Waals surface area contributed by atoms with Crippen LogP contribution in [0.3, 0.4) is 0 Å². The summed E-state index contributed by atoms with van der Waals surface area (Å²) >= 11 is 17.6. The maximum atomic E-state index is 13.6. The molecule has 14 rings (SSSR count). The summed E-state index contributed by atoms with van der Waals surface area (Å²) in [5.74, 6) is -7.74. The smallest absolute Gasteiger partial charge is 0.371 e. The van der Waals surface area contributed by atoms with E-state index < -0.39 is 65.2 Å². The number of carbonyl (C=O) groups excluding carboxylic acids is 7. The van der Waals surface area contributed by atoms with Gasteiger partial charge in [-0.05, 0) is 235 Å². The van der Waals surface area contributed by atoms with E-state index in [9.17, 15) is 73.1 Å². The summed E-state index contributed by atoms with van der Waals surface area (Å²) in [5.41, 5.74) is 2.02. The zero-order chi connectivity index (χ0) is 98.3. The zero-order valence-electron chi connectivity index (χ0n) is 76.9. The monoisotopic (exact) mass is 2130 g/mol. The van der Waals surface area contributed by atoms with E-state index in [1.54, 1.807) is 109 Å². The highest BCUT2D eigenvalue weighted by molar-refractivity contribution is 9.11. The Hall–Kier alpha value is -7.22. The summed E-state index contributed by atoms with van der Waals surface area (Å²) in [5, 5.41) is 21.6. The minimum absolute atomic E-state index is 0.0361. The van der Waals surface area contributed by atoms with Gasteiger partial charge >= 0.3 is 12.2 Å². The molecule has 1 aliphatic carbocycles. The first kappa shape index (κ1) is 109. The van der Waals surface area contributed by atoms with Crippen molar-refractivity contribution >= 4 is 198 Å². The van der Waals surface area contributed by atoms with Crippen LogP contribution in [0.4, 0.5) is 44.3 Å². The Morgan fingerprint density at radius 3 is 1.32 bits per heavy atom. The lowest BCUT2D eigenvalue weighted by Crippen LogP contribution is -2.47. The second kappa shape index (κ2) is 47.0. The normalized spacial score (nSPS) is 26.8. The molecule has 7 saturated heterocycles. The van der Waals surface area contributed by atoms with Gasteiger partial charge in [0.05, 0.1) is 72.1 Å².